The molecule has 0 spiro atoms. The Labute approximate surface area is 115 Å². The van der Waals surface area contributed by atoms with E-state index in [1.807, 2.05) is 0 Å². The Kier molecular flexibility index (Phi) is 4.10. The third kappa shape index (κ3) is 3.06. The molecule has 0 radical (unpaired) electrons. The Balaban J connectivity index is 2.25. The normalized spacial score (nSPS) is 25.2. The molecule has 0 bridgehead atoms. The zero-order valence-corrected chi connectivity index (χ0v) is 12.4. The average Bonchev–Trinajstić information content (AvgIpc) is 2.37. The van der Waals surface area contributed by atoms with Crippen LogP contribution in [0, 0.1) is 11.8 Å². The summed E-state index contributed by atoms with van der Waals surface area (Å²) < 4.78 is 26.7. The monoisotopic (exact) mass is 283 g/mol. The summed E-state index contributed by atoms with van der Waals surface area (Å²) in [6, 6.07) is 3.29. The van der Waals surface area contributed by atoms with Crippen molar-refractivity contribution < 1.29 is 8.42 Å². The van der Waals surface area contributed by atoms with E-state index in [1.54, 1.807) is 23.5 Å². The molecule has 0 aliphatic carbocycles. The fourth-order valence-electron chi connectivity index (χ4n) is 2.63. The molecule has 1 fully saturated rings. The number of rotatable bonds is 3. The molecule has 106 valence electrons. The second kappa shape index (κ2) is 5.46. The highest BCUT2D eigenvalue weighted by atomic mass is 32.2. The number of aromatic nitrogens is 1. The van der Waals surface area contributed by atoms with Gasteiger partial charge in [-0.15, -0.1) is 0 Å². The Hall–Kier alpha value is -1.14. The Morgan fingerprint density at radius 3 is 2.37 bits per heavy atom. The number of hydrogen-bond donors (Lipinski definition) is 1. The zero-order chi connectivity index (χ0) is 14.0. The first-order chi connectivity index (χ1) is 8.93. The van der Waals surface area contributed by atoms with E-state index in [-0.39, 0.29) is 4.90 Å². The molecule has 1 aliphatic rings. The lowest BCUT2D eigenvalue weighted by Gasteiger charge is -2.33. The molecule has 19 heavy (non-hydrogen) atoms. The highest BCUT2D eigenvalue weighted by Crippen LogP contribution is 2.26. The fourth-order valence-corrected chi connectivity index (χ4v) is 4.26. The maximum Gasteiger partial charge on any atom is 0.244 e. The highest BCUT2D eigenvalue weighted by Gasteiger charge is 2.31. The van der Waals surface area contributed by atoms with Crippen molar-refractivity contribution in [3.05, 3.63) is 18.3 Å². The molecule has 5 nitrogen and oxygen atoms in total. The lowest BCUT2D eigenvalue weighted by atomic mass is 9.94. The Bertz CT molecular complexity index is 517. The Morgan fingerprint density at radius 2 is 1.89 bits per heavy atom. The van der Waals surface area contributed by atoms with Gasteiger partial charge in [0, 0.05) is 26.3 Å². The number of sulfonamides is 1. The summed E-state index contributed by atoms with van der Waals surface area (Å²) in [5, 5.41) is 2.88. The summed E-state index contributed by atoms with van der Waals surface area (Å²) in [6.45, 7) is 5.39. The Morgan fingerprint density at radius 1 is 1.26 bits per heavy atom. The van der Waals surface area contributed by atoms with Crippen molar-refractivity contribution in [1.29, 1.82) is 0 Å². The van der Waals surface area contributed by atoms with Crippen LogP contribution in [0.25, 0.3) is 0 Å². The van der Waals surface area contributed by atoms with Gasteiger partial charge in [-0.2, -0.15) is 4.31 Å². The molecule has 2 heterocycles. The summed E-state index contributed by atoms with van der Waals surface area (Å²) in [5.74, 6) is 1.48. The van der Waals surface area contributed by atoms with Gasteiger partial charge in [-0.25, -0.2) is 13.4 Å². The topological polar surface area (TPSA) is 62.3 Å². The molecular weight excluding hydrogens is 262 g/mol. The molecule has 1 aliphatic heterocycles. The summed E-state index contributed by atoms with van der Waals surface area (Å²) in [6.07, 6.45) is 2.51. The molecule has 2 atom stereocenters. The van der Waals surface area contributed by atoms with E-state index in [4.69, 9.17) is 0 Å². The minimum Gasteiger partial charge on any atom is -0.373 e. The molecular formula is C13H21N3O2S. The van der Waals surface area contributed by atoms with Gasteiger partial charge in [0.2, 0.25) is 10.0 Å². The van der Waals surface area contributed by atoms with E-state index in [0.717, 1.165) is 6.42 Å². The standard InChI is InChI=1S/C13H21N3O2S/c1-10-6-11(2)9-16(8-10)19(17,18)12-4-5-13(14-3)15-7-12/h4-5,7,10-11H,6,8-9H2,1-3H3,(H,14,15). The minimum atomic E-state index is -3.41. The van der Waals surface area contributed by atoms with E-state index in [0.29, 0.717) is 30.7 Å². The van der Waals surface area contributed by atoms with Crippen LogP contribution in [-0.4, -0.2) is 37.8 Å². The maximum atomic E-state index is 12.5. The van der Waals surface area contributed by atoms with Crippen LogP contribution in [-0.2, 0) is 10.0 Å². The van der Waals surface area contributed by atoms with Crippen LogP contribution in [0.3, 0.4) is 0 Å². The number of piperidine rings is 1. The van der Waals surface area contributed by atoms with E-state index >= 15 is 0 Å². The van der Waals surface area contributed by atoms with Gasteiger partial charge in [0.25, 0.3) is 0 Å². The lowest BCUT2D eigenvalue weighted by Crippen LogP contribution is -2.42. The predicted octanol–water partition coefficient (Wildman–Crippen LogP) is 1.79. The summed E-state index contributed by atoms with van der Waals surface area (Å²) in [5.41, 5.74) is 0. The highest BCUT2D eigenvalue weighted by molar-refractivity contribution is 7.89. The third-order valence-corrected chi connectivity index (χ3v) is 5.28. The molecule has 1 N–H and O–H groups in total. The van der Waals surface area contributed by atoms with Crippen LogP contribution in [0.2, 0.25) is 0 Å². The SMILES string of the molecule is CNc1ccc(S(=O)(=O)N2CC(C)CC(C)C2)cn1. The quantitative estimate of drug-likeness (QED) is 0.918. The van der Waals surface area contributed by atoms with Gasteiger partial charge in [0.1, 0.15) is 10.7 Å². The number of anilines is 1. The van der Waals surface area contributed by atoms with Gasteiger partial charge in [0.15, 0.2) is 0 Å². The molecule has 1 saturated heterocycles. The molecule has 0 saturated carbocycles. The molecule has 1 aromatic heterocycles. The second-order valence-corrected chi connectivity index (χ2v) is 7.34. The van der Waals surface area contributed by atoms with Gasteiger partial charge in [-0.3, -0.25) is 0 Å². The van der Waals surface area contributed by atoms with Crippen molar-refractivity contribution in [3.8, 4) is 0 Å². The third-order valence-electron chi connectivity index (χ3n) is 3.47. The van der Waals surface area contributed by atoms with Crippen LogP contribution < -0.4 is 5.32 Å². The largest absolute Gasteiger partial charge is 0.373 e. The van der Waals surface area contributed by atoms with Gasteiger partial charge < -0.3 is 5.32 Å². The molecule has 2 rings (SSSR count). The molecule has 0 aromatic carbocycles. The van der Waals surface area contributed by atoms with Gasteiger partial charge in [0.05, 0.1) is 0 Å². The van der Waals surface area contributed by atoms with Gasteiger partial charge in [-0.1, -0.05) is 13.8 Å². The van der Waals surface area contributed by atoms with Crippen LogP contribution in [0.15, 0.2) is 23.2 Å². The van der Waals surface area contributed by atoms with Crippen molar-refractivity contribution >= 4 is 15.8 Å². The smallest absolute Gasteiger partial charge is 0.244 e. The lowest BCUT2D eigenvalue weighted by molar-refractivity contribution is 0.222. The molecule has 0 amide bonds. The molecule has 6 heteroatoms. The second-order valence-electron chi connectivity index (χ2n) is 5.40. The van der Waals surface area contributed by atoms with Crippen LogP contribution >= 0.6 is 0 Å². The first kappa shape index (κ1) is 14.3. The summed E-state index contributed by atoms with van der Waals surface area (Å²) in [7, 11) is -1.66. The van der Waals surface area contributed by atoms with Crippen molar-refractivity contribution in [1.82, 2.24) is 9.29 Å². The van der Waals surface area contributed by atoms with Crippen molar-refractivity contribution in [2.45, 2.75) is 25.2 Å². The van der Waals surface area contributed by atoms with Crippen molar-refractivity contribution in [2.24, 2.45) is 11.8 Å². The number of nitrogens with one attached hydrogen (secondary N) is 1. The van der Waals surface area contributed by atoms with E-state index in [1.165, 1.54) is 6.20 Å². The van der Waals surface area contributed by atoms with Crippen LogP contribution in [0.1, 0.15) is 20.3 Å². The number of nitrogens with zero attached hydrogens (tertiary/aromatic N) is 2. The van der Waals surface area contributed by atoms with Crippen LogP contribution in [0.4, 0.5) is 5.82 Å². The van der Waals surface area contributed by atoms with Crippen molar-refractivity contribution in [3.63, 3.8) is 0 Å². The first-order valence-electron chi connectivity index (χ1n) is 6.57. The minimum absolute atomic E-state index is 0.271. The van der Waals surface area contributed by atoms with E-state index in [2.05, 4.69) is 24.1 Å². The molecule has 2 unspecified atom stereocenters. The predicted molar refractivity (Wildman–Crippen MR) is 75.5 cm³/mol. The van der Waals surface area contributed by atoms with Crippen LogP contribution in [0.5, 0.6) is 0 Å². The number of hydrogen-bond acceptors (Lipinski definition) is 4. The van der Waals surface area contributed by atoms with Gasteiger partial charge >= 0.3 is 0 Å². The maximum absolute atomic E-state index is 12.5. The summed E-state index contributed by atoms with van der Waals surface area (Å²) >= 11 is 0. The average molecular weight is 283 g/mol. The number of pyridine rings is 1. The van der Waals surface area contributed by atoms with Gasteiger partial charge in [-0.05, 0) is 30.4 Å². The summed E-state index contributed by atoms with van der Waals surface area (Å²) in [4.78, 5) is 4.35. The van der Waals surface area contributed by atoms with E-state index < -0.39 is 10.0 Å². The first-order valence-corrected chi connectivity index (χ1v) is 8.01. The fraction of sp³-hybridized carbons (Fsp3) is 0.615. The van der Waals surface area contributed by atoms with Crippen molar-refractivity contribution in [2.75, 3.05) is 25.5 Å². The molecule has 1 aromatic rings. The van der Waals surface area contributed by atoms with E-state index in [9.17, 15) is 8.42 Å². The zero-order valence-electron chi connectivity index (χ0n) is 11.6.